The molecule has 1 atom stereocenters. The summed E-state index contributed by atoms with van der Waals surface area (Å²) in [5, 5.41) is 6.50. The molecule has 0 spiro atoms. The highest BCUT2D eigenvalue weighted by molar-refractivity contribution is 5.95. The maximum atomic E-state index is 12.6. The molecule has 5 heteroatoms. The molecular formula is C19H26ClN3O. The van der Waals surface area contributed by atoms with Crippen LogP contribution in [0.15, 0.2) is 36.4 Å². The number of nitrogens with one attached hydrogen (secondary N) is 2. The molecule has 24 heavy (non-hydrogen) atoms. The van der Waals surface area contributed by atoms with Crippen LogP contribution in [-0.4, -0.2) is 29.6 Å². The van der Waals surface area contributed by atoms with E-state index in [-0.39, 0.29) is 24.4 Å². The van der Waals surface area contributed by atoms with Crippen molar-refractivity contribution in [3.63, 3.8) is 0 Å². The Balaban J connectivity index is 0.00000208. The molecule has 1 aliphatic rings. The third-order valence-electron chi connectivity index (χ3n) is 4.63. The molecule has 1 amide bonds. The van der Waals surface area contributed by atoms with Crippen molar-refractivity contribution in [1.82, 2.24) is 15.2 Å². The van der Waals surface area contributed by atoms with Gasteiger partial charge in [-0.15, -0.1) is 12.4 Å². The predicted octanol–water partition coefficient (Wildman–Crippen LogP) is 3.06. The lowest BCUT2D eigenvalue weighted by molar-refractivity contribution is 0.0930. The first-order chi connectivity index (χ1) is 11.1. The highest BCUT2D eigenvalue weighted by Crippen LogP contribution is 2.17. The van der Waals surface area contributed by atoms with Crippen LogP contribution in [0.5, 0.6) is 0 Å². The van der Waals surface area contributed by atoms with Crippen LogP contribution in [0.1, 0.15) is 40.2 Å². The van der Waals surface area contributed by atoms with Crippen LogP contribution in [-0.2, 0) is 6.54 Å². The zero-order valence-corrected chi connectivity index (χ0v) is 15.2. The molecule has 1 unspecified atom stereocenters. The summed E-state index contributed by atoms with van der Waals surface area (Å²) in [4.78, 5) is 12.6. The second kappa shape index (κ2) is 8.36. The number of benzene rings is 1. The molecular weight excluding hydrogens is 322 g/mol. The SMILES string of the molecule is Cc1cc(C(=O)NC2CCCNC2)c(C)n1Cc1ccccc1.Cl. The van der Waals surface area contributed by atoms with Crippen LogP contribution >= 0.6 is 12.4 Å². The van der Waals surface area contributed by atoms with Crippen LogP contribution < -0.4 is 10.6 Å². The fraction of sp³-hybridized carbons (Fsp3) is 0.421. The average molecular weight is 348 g/mol. The summed E-state index contributed by atoms with van der Waals surface area (Å²) in [6.45, 7) is 6.82. The number of carbonyl (C=O) groups excluding carboxylic acids is 1. The third-order valence-corrected chi connectivity index (χ3v) is 4.63. The zero-order valence-electron chi connectivity index (χ0n) is 14.3. The average Bonchev–Trinajstić information content (AvgIpc) is 2.85. The van der Waals surface area contributed by atoms with E-state index >= 15 is 0 Å². The van der Waals surface area contributed by atoms with Gasteiger partial charge in [-0.1, -0.05) is 30.3 Å². The summed E-state index contributed by atoms with van der Waals surface area (Å²) in [5.41, 5.74) is 4.20. The highest BCUT2D eigenvalue weighted by Gasteiger charge is 2.20. The standard InChI is InChI=1S/C19H25N3O.ClH/c1-14-11-18(19(23)21-17-9-6-10-20-12-17)15(2)22(14)13-16-7-4-3-5-8-16;/h3-5,7-8,11,17,20H,6,9-10,12-13H2,1-2H3,(H,21,23);1H. The van der Waals surface area contributed by atoms with E-state index in [1.165, 1.54) is 5.56 Å². The molecule has 1 saturated heterocycles. The highest BCUT2D eigenvalue weighted by atomic mass is 35.5. The van der Waals surface area contributed by atoms with E-state index in [9.17, 15) is 4.79 Å². The first-order valence-electron chi connectivity index (χ1n) is 8.37. The van der Waals surface area contributed by atoms with E-state index in [1.807, 2.05) is 31.2 Å². The molecule has 0 saturated carbocycles. The Morgan fingerprint density at radius 1 is 1.29 bits per heavy atom. The minimum Gasteiger partial charge on any atom is -0.348 e. The molecule has 0 radical (unpaired) electrons. The molecule has 3 rings (SSSR count). The summed E-state index contributed by atoms with van der Waals surface area (Å²) in [5.74, 6) is 0.0473. The number of aryl methyl sites for hydroxylation is 1. The number of piperidine rings is 1. The van der Waals surface area contributed by atoms with Gasteiger partial charge in [-0.25, -0.2) is 0 Å². The molecule has 0 aliphatic carbocycles. The van der Waals surface area contributed by atoms with Crippen molar-refractivity contribution in [3.8, 4) is 0 Å². The van der Waals surface area contributed by atoms with Gasteiger partial charge in [0.25, 0.3) is 5.91 Å². The minimum absolute atomic E-state index is 0. The van der Waals surface area contributed by atoms with Gasteiger partial charge < -0.3 is 15.2 Å². The van der Waals surface area contributed by atoms with Crippen molar-refractivity contribution in [3.05, 3.63) is 58.9 Å². The van der Waals surface area contributed by atoms with Gasteiger partial charge in [0.15, 0.2) is 0 Å². The molecule has 1 aromatic carbocycles. The fourth-order valence-corrected chi connectivity index (χ4v) is 3.28. The van der Waals surface area contributed by atoms with Crippen molar-refractivity contribution in [2.45, 2.75) is 39.3 Å². The lowest BCUT2D eigenvalue weighted by atomic mass is 10.1. The van der Waals surface area contributed by atoms with E-state index in [0.717, 1.165) is 49.4 Å². The normalized spacial score (nSPS) is 17.2. The molecule has 2 heterocycles. The number of rotatable bonds is 4. The molecule has 1 aromatic heterocycles. The van der Waals surface area contributed by atoms with Crippen molar-refractivity contribution < 1.29 is 4.79 Å². The molecule has 130 valence electrons. The number of hydrogen-bond acceptors (Lipinski definition) is 2. The van der Waals surface area contributed by atoms with Gasteiger partial charge in [0, 0.05) is 30.5 Å². The van der Waals surface area contributed by atoms with Gasteiger partial charge in [0.1, 0.15) is 0 Å². The van der Waals surface area contributed by atoms with Crippen LogP contribution in [0, 0.1) is 13.8 Å². The van der Waals surface area contributed by atoms with Gasteiger partial charge in [-0.3, -0.25) is 4.79 Å². The largest absolute Gasteiger partial charge is 0.348 e. The summed E-state index contributed by atoms with van der Waals surface area (Å²) in [6, 6.07) is 12.6. The Morgan fingerprint density at radius 2 is 2.04 bits per heavy atom. The minimum atomic E-state index is 0. The maximum absolute atomic E-state index is 12.6. The van der Waals surface area contributed by atoms with Gasteiger partial charge in [0.2, 0.25) is 0 Å². The molecule has 1 fully saturated rings. The van der Waals surface area contributed by atoms with Crippen LogP contribution in [0.4, 0.5) is 0 Å². The Labute approximate surface area is 150 Å². The first-order valence-corrected chi connectivity index (χ1v) is 8.37. The third kappa shape index (κ3) is 4.19. The summed E-state index contributed by atoms with van der Waals surface area (Å²) >= 11 is 0. The number of aromatic nitrogens is 1. The van der Waals surface area contributed by atoms with E-state index in [1.54, 1.807) is 0 Å². The van der Waals surface area contributed by atoms with Crippen LogP contribution in [0.3, 0.4) is 0 Å². The summed E-state index contributed by atoms with van der Waals surface area (Å²) in [6.07, 6.45) is 2.18. The van der Waals surface area contributed by atoms with Gasteiger partial charge >= 0.3 is 0 Å². The van der Waals surface area contributed by atoms with Crippen molar-refractivity contribution in [2.75, 3.05) is 13.1 Å². The van der Waals surface area contributed by atoms with E-state index in [2.05, 4.69) is 34.3 Å². The van der Waals surface area contributed by atoms with Crippen molar-refractivity contribution in [2.24, 2.45) is 0 Å². The fourth-order valence-electron chi connectivity index (χ4n) is 3.28. The molecule has 0 bridgehead atoms. The predicted molar refractivity (Wildman–Crippen MR) is 100 cm³/mol. The smallest absolute Gasteiger partial charge is 0.253 e. The summed E-state index contributed by atoms with van der Waals surface area (Å²) in [7, 11) is 0. The topological polar surface area (TPSA) is 46.1 Å². The van der Waals surface area contributed by atoms with Crippen LogP contribution in [0.2, 0.25) is 0 Å². The van der Waals surface area contributed by atoms with Gasteiger partial charge in [-0.2, -0.15) is 0 Å². The van der Waals surface area contributed by atoms with Crippen LogP contribution in [0.25, 0.3) is 0 Å². The molecule has 1 aliphatic heterocycles. The molecule has 2 aromatic rings. The van der Waals surface area contributed by atoms with Crippen molar-refractivity contribution in [1.29, 1.82) is 0 Å². The second-order valence-electron chi connectivity index (χ2n) is 6.37. The second-order valence-corrected chi connectivity index (χ2v) is 6.37. The van der Waals surface area contributed by atoms with E-state index < -0.39 is 0 Å². The quantitative estimate of drug-likeness (QED) is 0.893. The number of halogens is 1. The Morgan fingerprint density at radius 3 is 2.71 bits per heavy atom. The monoisotopic (exact) mass is 347 g/mol. The Hall–Kier alpha value is -1.78. The molecule has 4 nitrogen and oxygen atoms in total. The zero-order chi connectivity index (χ0) is 16.2. The van der Waals surface area contributed by atoms with E-state index in [0.29, 0.717) is 0 Å². The van der Waals surface area contributed by atoms with Gasteiger partial charge in [-0.05, 0) is 44.9 Å². The van der Waals surface area contributed by atoms with Crippen molar-refractivity contribution >= 4 is 18.3 Å². The Bertz CT molecular complexity index is 675. The number of hydrogen-bond donors (Lipinski definition) is 2. The summed E-state index contributed by atoms with van der Waals surface area (Å²) < 4.78 is 2.21. The Kier molecular flexibility index (Phi) is 6.46. The number of nitrogens with zero attached hydrogens (tertiary/aromatic N) is 1. The van der Waals surface area contributed by atoms with E-state index in [4.69, 9.17) is 0 Å². The number of amides is 1. The number of carbonyl (C=O) groups is 1. The maximum Gasteiger partial charge on any atom is 0.253 e. The first kappa shape index (κ1) is 18.6. The lowest BCUT2D eigenvalue weighted by Gasteiger charge is -2.23. The van der Waals surface area contributed by atoms with Gasteiger partial charge in [0.05, 0.1) is 5.56 Å². The molecule has 2 N–H and O–H groups in total. The lowest BCUT2D eigenvalue weighted by Crippen LogP contribution is -2.45.